The molecule has 6 nitrogen and oxygen atoms in total. The van der Waals surface area contributed by atoms with Crippen LogP contribution in [0.25, 0.3) is 10.9 Å². The molecule has 0 radical (unpaired) electrons. The zero-order valence-corrected chi connectivity index (χ0v) is 11.7. The van der Waals surface area contributed by atoms with Gasteiger partial charge in [0.05, 0.1) is 5.52 Å². The largest absolute Gasteiger partial charge is 0.480 e. The molecule has 0 atom stereocenters. The van der Waals surface area contributed by atoms with Crippen LogP contribution >= 0.6 is 0 Å². The quantitative estimate of drug-likeness (QED) is 0.850. The summed E-state index contributed by atoms with van der Waals surface area (Å²) in [5.74, 6) is -0.203. The second-order valence-electron chi connectivity index (χ2n) is 4.83. The fourth-order valence-electron chi connectivity index (χ4n) is 1.99. The smallest absolute Gasteiger partial charge is 0.323 e. The molecule has 0 bridgehead atoms. The van der Waals surface area contributed by atoms with E-state index in [1.165, 1.54) is 6.33 Å². The molecule has 1 heterocycles. The summed E-state index contributed by atoms with van der Waals surface area (Å²) in [5.41, 5.74) is 0.817. The molecule has 0 aliphatic rings. The maximum Gasteiger partial charge on any atom is 0.323 e. The molecule has 0 amide bonds. The van der Waals surface area contributed by atoms with Crippen molar-refractivity contribution in [2.45, 2.75) is 0 Å². The first kappa shape index (κ1) is 14.2. The van der Waals surface area contributed by atoms with E-state index >= 15 is 0 Å². The number of anilines is 1. The van der Waals surface area contributed by atoms with Gasteiger partial charge in [-0.05, 0) is 26.2 Å². The summed E-state index contributed by atoms with van der Waals surface area (Å²) < 4.78 is 0. The monoisotopic (exact) mass is 274 g/mol. The molecule has 0 saturated heterocycles. The number of hydrogen-bond donors (Lipinski definition) is 1. The van der Waals surface area contributed by atoms with E-state index < -0.39 is 5.97 Å². The maximum absolute atomic E-state index is 11.1. The van der Waals surface area contributed by atoms with Gasteiger partial charge in [-0.15, -0.1) is 0 Å². The van der Waals surface area contributed by atoms with E-state index in [0.29, 0.717) is 12.4 Å². The second-order valence-corrected chi connectivity index (χ2v) is 4.83. The molecule has 1 aromatic carbocycles. The molecule has 1 N–H and O–H groups in total. The highest BCUT2D eigenvalue weighted by Gasteiger charge is 2.15. The van der Waals surface area contributed by atoms with Crippen LogP contribution in [-0.4, -0.2) is 59.7 Å². The molecule has 1 aromatic heterocycles. The molecule has 0 aliphatic carbocycles. The lowest BCUT2D eigenvalue weighted by molar-refractivity contribution is -0.135. The summed E-state index contributed by atoms with van der Waals surface area (Å²) in [6, 6.07) is 7.61. The topological polar surface area (TPSA) is 69.6 Å². The lowest BCUT2D eigenvalue weighted by Crippen LogP contribution is -2.36. The van der Waals surface area contributed by atoms with E-state index in [2.05, 4.69) is 9.97 Å². The average molecular weight is 274 g/mol. The van der Waals surface area contributed by atoms with Crippen LogP contribution in [-0.2, 0) is 4.79 Å². The van der Waals surface area contributed by atoms with Gasteiger partial charge in [0.1, 0.15) is 18.7 Å². The molecule has 2 rings (SSSR count). The van der Waals surface area contributed by atoms with Crippen molar-refractivity contribution in [1.29, 1.82) is 0 Å². The van der Waals surface area contributed by atoms with Crippen LogP contribution in [0.5, 0.6) is 0 Å². The minimum atomic E-state index is -0.869. The van der Waals surface area contributed by atoms with Gasteiger partial charge in [0.25, 0.3) is 0 Å². The van der Waals surface area contributed by atoms with Crippen molar-refractivity contribution in [3.63, 3.8) is 0 Å². The lowest BCUT2D eigenvalue weighted by Gasteiger charge is -2.24. The first-order valence-electron chi connectivity index (χ1n) is 6.39. The van der Waals surface area contributed by atoms with E-state index in [1.54, 1.807) is 4.90 Å². The fourth-order valence-corrected chi connectivity index (χ4v) is 1.99. The zero-order chi connectivity index (χ0) is 14.5. The van der Waals surface area contributed by atoms with Gasteiger partial charge in [-0.3, -0.25) is 4.79 Å². The highest BCUT2D eigenvalue weighted by molar-refractivity contribution is 5.90. The van der Waals surface area contributed by atoms with Gasteiger partial charge in [-0.1, -0.05) is 12.1 Å². The first-order valence-corrected chi connectivity index (χ1v) is 6.39. The highest BCUT2D eigenvalue weighted by atomic mass is 16.4. The van der Waals surface area contributed by atoms with Gasteiger partial charge >= 0.3 is 5.97 Å². The van der Waals surface area contributed by atoms with Crippen molar-refractivity contribution in [3.8, 4) is 0 Å². The molecular formula is C14H18N4O2. The molecule has 0 spiro atoms. The molecule has 0 saturated carbocycles. The minimum Gasteiger partial charge on any atom is -0.480 e. The number of aliphatic carboxylic acids is 1. The highest BCUT2D eigenvalue weighted by Crippen LogP contribution is 2.22. The van der Waals surface area contributed by atoms with Gasteiger partial charge < -0.3 is 14.9 Å². The summed E-state index contributed by atoms with van der Waals surface area (Å²) in [4.78, 5) is 23.3. The van der Waals surface area contributed by atoms with Crippen LogP contribution in [0.15, 0.2) is 30.6 Å². The van der Waals surface area contributed by atoms with Crippen LogP contribution in [0, 0.1) is 0 Å². The number of carboxylic acid groups (broad SMARTS) is 1. The number of para-hydroxylation sites is 1. The van der Waals surface area contributed by atoms with E-state index in [9.17, 15) is 4.79 Å². The van der Waals surface area contributed by atoms with Gasteiger partial charge in [0.15, 0.2) is 0 Å². The van der Waals surface area contributed by atoms with Crippen molar-refractivity contribution < 1.29 is 9.90 Å². The predicted molar refractivity (Wildman–Crippen MR) is 77.9 cm³/mol. The van der Waals surface area contributed by atoms with E-state index in [0.717, 1.165) is 17.4 Å². The Labute approximate surface area is 117 Å². The fraction of sp³-hybridized carbons (Fsp3) is 0.357. The Kier molecular flexibility index (Phi) is 4.47. The van der Waals surface area contributed by atoms with Crippen molar-refractivity contribution in [1.82, 2.24) is 14.9 Å². The Morgan fingerprint density at radius 3 is 2.65 bits per heavy atom. The number of nitrogens with zero attached hydrogens (tertiary/aromatic N) is 4. The molecule has 2 aromatic rings. The van der Waals surface area contributed by atoms with Crippen molar-refractivity contribution in [2.24, 2.45) is 0 Å². The maximum atomic E-state index is 11.1. The Balaban J connectivity index is 2.36. The van der Waals surface area contributed by atoms with Gasteiger partial charge in [-0.25, -0.2) is 9.97 Å². The predicted octanol–water partition coefficient (Wildman–Crippen LogP) is 1.08. The number of benzene rings is 1. The first-order chi connectivity index (χ1) is 9.58. The zero-order valence-electron chi connectivity index (χ0n) is 11.7. The molecule has 106 valence electrons. The molecule has 6 heteroatoms. The van der Waals surface area contributed by atoms with Crippen LogP contribution in [0.4, 0.5) is 5.82 Å². The number of carbonyl (C=O) groups is 1. The summed E-state index contributed by atoms with van der Waals surface area (Å²) >= 11 is 0. The average Bonchev–Trinajstić information content (AvgIpc) is 2.42. The summed E-state index contributed by atoms with van der Waals surface area (Å²) in [6.45, 7) is 1.28. The van der Waals surface area contributed by atoms with E-state index in [-0.39, 0.29) is 6.54 Å². The Bertz CT molecular complexity index is 595. The lowest BCUT2D eigenvalue weighted by atomic mass is 10.2. The normalized spacial score (nSPS) is 10.9. The van der Waals surface area contributed by atoms with Crippen LogP contribution in [0.3, 0.4) is 0 Å². The summed E-state index contributed by atoms with van der Waals surface area (Å²) in [6.07, 6.45) is 1.47. The van der Waals surface area contributed by atoms with Gasteiger partial charge in [0.2, 0.25) is 0 Å². The number of rotatable bonds is 6. The van der Waals surface area contributed by atoms with Crippen LogP contribution in [0.2, 0.25) is 0 Å². The Hall–Kier alpha value is -2.21. The summed E-state index contributed by atoms with van der Waals surface area (Å²) in [5, 5.41) is 9.95. The number of likely N-dealkylation sites (N-methyl/N-ethyl adjacent to an activating group) is 1. The molecule has 20 heavy (non-hydrogen) atoms. The molecule has 0 aliphatic heterocycles. The third-order valence-electron chi connectivity index (χ3n) is 2.96. The van der Waals surface area contributed by atoms with E-state index in [1.807, 2.05) is 43.3 Å². The standard InChI is InChI=1S/C14H18N4O2/c1-17(2)7-8-18(9-13(19)20)14-11-5-3-4-6-12(11)15-10-16-14/h3-6,10H,7-9H2,1-2H3,(H,19,20). The number of aromatic nitrogens is 2. The van der Waals surface area contributed by atoms with Crippen LogP contribution in [0.1, 0.15) is 0 Å². The van der Waals surface area contributed by atoms with Crippen LogP contribution < -0.4 is 4.90 Å². The van der Waals surface area contributed by atoms with E-state index in [4.69, 9.17) is 5.11 Å². The third-order valence-corrected chi connectivity index (χ3v) is 2.96. The third kappa shape index (κ3) is 3.42. The minimum absolute atomic E-state index is 0.0746. The van der Waals surface area contributed by atoms with Crippen molar-refractivity contribution >= 4 is 22.7 Å². The number of hydrogen-bond acceptors (Lipinski definition) is 5. The molecular weight excluding hydrogens is 256 g/mol. The molecule has 0 unspecified atom stereocenters. The van der Waals surface area contributed by atoms with Gasteiger partial charge in [0, 0.05) is 18.5 Å². The van der Waals surface area contributed by atoms with Crippen molar-refractivity contribution in [2.75, 3.05) is 38.6 Å². The molecule has 0 fully saturated rings. The summed E-state index contributed by atoms with van der Waals surface area (Å²) in [7, 11) is 3.91. The second kappa shape index (κ2) is 6.29. The SMILES string of the molecule is CN(C)CCN(CC(=O)O)c1ncnc2ccccc12. The number of carboxylic acids is 1. The Morgan fingerprint density at radius 1 is 1.20 bits per heavy atom. The number of fused-ring (bicyclic) bond motifs is 1. The Morgan fingerprint density at radius 2 is 1.95 bits per heavy atom. The van der Waals surface area contributed by atoms with Gasteiger partial charge in [-0.2, -0.15) is 0 Å². The van der Waals surface area contributed by atoms with Crippen molar-refractivity contribution in [3.05, 3.63) is 30.6 Å².